The predicted octanol–water partition coefficient (Wildman–Crippen LogP) is 12.4. The van der Waals surface area contributed by atoms with Crippen LogP contribution in [0.5, 0.6) is 0 Å². The van der Waals surface area contributed by atoms with Gasteiger partial charge in [0, 0.05) is 19.5 Å². The van der Waals surface area contributed by atoms with Crippen molar-refractivity contribution in [1.29, 1.82) is 0 Å². The summed E-state index contributed by atoms with van der Waals surface area (Å²) in [5.74, 6) is 0. The number of benzene rings is 6. The summed E-state index contributed by atoms with van der Waals surface area (Å²) in [7, 11) is 0. The van der Waals surface area contributed by atoms with E-state index in [1.165, 1.54) is 73.7 Å². The van der Waals surface area contributed by atoms with Crippen molar-refractivity contribution >= 4 is 90.1 Å². The molecule has 0 radical (unpaired) electrons. The number of hydrogen-bond acceptors (Lipinski definition) is 2. The summed E-state index contributed by atoms with van der Waals surface area (Å²) < 4.78 is 0. The average molecular weight is 571 g/mol. The van der Waals surface area contributed by atoms with Crippen molar-refractivity contribution in [2.75, 3.05) is 0 Å². The molecule has 6 aromatic carbocycles. The van der Waals surface area contributed by atoms with E-state index in [4.69, 9.17) is 0 Å². The summed E-state index contributed by atoms with van der Waals surface area (Å²) in [6.07, 6.45) is 8.90. The topological polar surface area (TPSA) is 0 Å². The Morgan fingerprint density at radius 1 is 0.310 bits per heavy atom. The van der Waals surface area contributed by atoms with Gasteiger partial charge in [-0.3, -0.25) is 0 Å². The Morgan fingerprint density at radius 3 is 1.12 bits per heavy atom. The van der Waals surface area contributed by atoms with Gasteiger partial charge in [-0.05, 0) is 127 Å². The van der Waals surface area contributed by atoms with Gasteiger partial charge in [-0.1, -0.05) is 84.9 Å². The first-order valence-corrected chi connectivity index (χ1v) is 15.8. The van der Waals surface area contributed by atoms with Crippen molar-refractivity contribution in [3.05, 3.63) is 154 Å². The van der Waals surface area contributed by atoms with Crippen LogP contribution >= 0.6 is 22.7 Å². The summed E-state index contributed by atoms with van der Waals surface area (Å²) in [6, 6.07) is 48.6. The fraction of sp³-hybridized carbons (Fsp3) is 0. The Balaban J connectivity index is 0.989. The summed E-state index contributed by atoms with van der Waals surface area (Å²) in [5.41, 5.74) is 2.44. The normalized spacial score (nSPS) is 12.1. The minimum Gasteiger partial charge on any atom is -0.135 e. The van der Waals surface area contributed by atoms with E-state index < -0.39 is 0 Å². The summed E-state index contributed by atoms with van der Waals surface area (Å²) in [4.78, 5) is 5.14. The molecule has 0 nitrogen and oxygen atoms in total. The third-order valence-corrected chi connectivity index (χ3v) is 10.1. The molecule has 0 aliphatic heterocycles. The number of thiophene rings is 2. The molecule has 198 valence electrons. The molecule has 2 heteroatoms. The van der Waals surface area contributed by atoms with Gasteiger partial charge in [-0.15, -0.1) is 22.7 Å². The number of rotatable bonds is 5. The molecule has 0 aliphatic carbocycles. The first kappa shape index (κ1) is 25.0. The zero-order valence-electron chi connectivity index (χ0n) is 22.8. The second kappa shape index (κ2) is 10.6. The van der Waals surface area contributed by atoms with Crippen LogP contribution in [0.25, 0.3) is 77.1 Å². The molecule has 0 atom stereocenters. The van der Waals surface area contributed by atoms with Gasteiger partial charge in [0.15, 0.2) is 0 Å². The van der Waals surface area contributed by atoms with Crippen molar-refractivity contribution in [3.63, 3.8) is 0 Å². The smallest absolute Gasteiger partial charge is 0.0449 e. The van der Waals surface area contributed by atoms with Gasteiger partial charge in [0.05, 0.1) is 0 Å². The molecule has 0 aliphatic rings. The minimum absolute atomic E-state index is 1.22. The average Bonchev–Trinajstić information content (AvgIpc) is 3.70. The van der Waals surface area contributed by atoms with E-state index in [0.29, 0.717) is 0 Å². The van der Waals surface area contributed by atoms with Crippen LogP contribution < -0.4 is 0 Å². The quantitative estimate of drug-likeness (QED) is 0.181. The number of hydrogen-bond donors (Lipinski definition) is 0. The second-order valence-corrected chi connectivity index (χ2v) is 12.9. The van der Waals surface area contributed by atoms with Crippen LogP contribution in [0, 0.1) is 0 Å². The Morgan fingerprint density at radius 2 is 0.690 bits per heavy atom. The van der Waals surface area contributed by atoms with Crippen molar-refractivity contribution < 1.29 is 0 Å². The summed E-state index contributed by atoms with van der Waals surface area (Å²) in [6.45, 7) is 0. The molecule has 2 aromatic heterocycles. The highest BCUT2D eigenvalue weighted by Crippen LogP contribution is 2.35. The molecular formula is C40H26S2. The van der Waals surface area contributed by atoms with E-state index in [1.807, 2.05) is 22.7 Å². The van der Waals surface area contributed by atoms with E-state index in [9.17, 15) is 0 Å². The maximum absolute atomic E-state index is 2.29. The third kappa shape index (κ3) is 4.96. The lowest BCUT2D eigenvalue weighted by Gasteiger charge is -2.03. The first-order chi connectivity index (χ1) is 20.7. The molecule has 8 rings (SSSR count). The number of fused-ring (bicyclic) bond motifs is 4. The van der Waals surface area contributed by atoms with Crippen LogP contribution in [0.2, 0.25) is 0 Å². The highest BCUT2D eigenvalue weighted by Gasteiger charge is 2.05. The molecule has 0 spiro atoms. The SMILES string of the molecule is C(=Cc1ccc(-c2ccc(C=Cc3ccc4cc5ccccc5cc4c3)s2)s1)c1ccc2cc3ccccc3cc2c1. The first-order valence-electron chi connectivity index (χ1n) is 14.1. The van der Waals surface area contributed by atoms with Crippen LogP contribution in [0.4, 0.5) is 0 Å². The summed E-state index contributed by atoms with van der Waals surface area (Å²) in [5, 5.41) is 10.2. The van der Waals surface area contributed by atoms with Gasteiger partial charge < -0.3 is 0 Å². The van der Waals surface area contributed by atoms with Gasteiger partial charge in [-0.2, -0.15) is 0 Å². The molecule has 0 unspecified atom stereocenters. The monoisotopic (exact) mass is 570 g/mol. The Labute approximate surface area is 253 Å². The molecular weight excluding hydrogens is 545 g/mol. The van der Waals surface area contributed by atoms with Gasteiger partial charge in [-0.25, -0.2) is 0 Å². The highest BCUT2D eigenvalue weighted by molar-refractivity contribution is 7.23. The Hall–Kier alpha value is -4.76. The van der Waals surface area contributed by atoms with Gasteiger partial charge in [0.2, 0.25) is 0 Å². The van der Waals surface area contributed by atoms with Crippen LogP contribution in [-0.2, 0) is 0 Å². The Bertz CT molecular complexity index is 2140. The van der Waals surface area contributed by atoms with Gasteiger partial charge in [0.1, 0.15) is 0 Å². The van der Waals surface area contributed by atoms with Crippen LogP contribution in [-0.4, -0.2) is 0 Å². The maximum Gasteiger partial charge on any atom is 0.0449 e. The zero-order valence-corrected chi connectivity index (χ0v) is 24.5. The fourth-order valence-corrected chi connectivity index (χ4v) is 7.54. The fourth-order valence-electron chi connectivity index (χ4n) is 5.63. The lowest BCUT2D eigenvalue weighted by molar-refractivity contribution is 1.73. The maximum atomic E-state index is 2.29. The molecule has 0 fully saturated rings. The van der Waals surface area contributed by atoms with Crippen LogP contribution in [0.15, 0.2) is 133 Å². The van der Waals surface area contributed by atoms with Crippen molar-refractivity contribution in [2.24, 2.45) is 0 Å². The molecule has 0 bridgehead atoms. The van der Waals surface area contributed by atoms with E-state index in [0.717, 1.165) is 0 Å². The third-order valence-electron chi connectivity index (χ3n) is 7.83. The van der Waals surface area contributed by atoms with E-state index in [1.54, 1.807) is 0 Å². The standard InChI is InChI=1S/C40H26S2/c1-3-7-31-25-35-21-27(9-13-33(35)23-29(31)5-1)11-15-37-17-19-39(41-37)40-20-18-38(42-40)16-12-28-10-14-34-24-30-6-2-4-8-32(30)26-36(34)22-28/h1-26H. The van der Waals surface area contributed by atoms with E-state index in [2.05, 4.69) is 158 Å². The van der Waals surface area contributed by atoms with Crippen molar-refractivity contribution in [1.82, 2.24) is 0 Å². The highest BCUT2D eigenvalue weighted by atomic mass is 32.1. The molecule has 0 N–H and O–H groups in total. The Kier molecular flexibility index (Phi) is 6.29. The largest absolute Gasteiger partial charge is 0.135 e. The molecule has 0 amide bonds. The molecule has 8 aromatic rings. The lowest BCUT2D eigenvalue weighted by atomic mass is 10.0. The van der Waals surface area contributed by atoms with Gasteiger partial charge >= 0.3 is 0 Å². The van der Waals surface area contributed by atoms with E-state index in [-0.39, 0.29) is 0 Å². The van der Waals surface area contributed by atoms with Gasteiger partial charge in [0.25, 0.3) is 0 Å². The lowest BCUT2D eigenvalue weighted by Crippen LogP contribution is -1.78. The van der Waals surface area contributed by atoms with Crippen LogP contribution in [0.3, 0.4) is 0 Å². The second-order valence-electron chi connectivity index (χ2n) is 10.7. The zero-order chi connectivity index (χ0) is 27.9. The van der Waals surface area contributed by atoms with E-state index >= 15 is 0 Å². The molecule has 0 saturated carbocycles. The summed E-state index contributed by atoms with van der Waals surface area (Å²) >= 11 is 3.68. The van der Waals surface area contributed by atoms with Crippen LogP contribution in [0.1, 0.15) is 20.9 Å². The predicted molar refractivity (Wildman–Crippen MR) is 188 cm³/mol. The van der Waals surface area contributed by atoms with Crippen molar-refractivity contribution in [3.8, 4) is 9.75 Å². The molecule has 42 heavy (non-hydrogen) atoms. The molecule has 2 heterocycles. The molecule has 0 saturated heterocycles. The minimum atomic E-state index is 1.22. The van der Waals surface area contributed by atoms with Crippen molar-refractivity contribution in [2.45, 2.75) is 0 Å².